The molecule has 0 atom stereocenters. The Morgan fingerprint density at radius 2 is 2.06 bits per heavy atom. The number of rotatable bonds is 2. The van der Waals surface area contributed by atoms with Crippen LogP contribution in [-0.2, 0) is 6.18 Å². The van der Waals surface area contributed by atoms with Gasteiger partial charge in [-0.3, -0.25) is 4.79 Å². The molecule has 1 aromatic carbocycles. The molecule has 17 heavy (non-hydrogen) atoms. The number of halogens is 3. The highest BCUT2D eigenvalue weighted by molar-refractivity contribution is 5.70. The molecular weight excluding hydrogens is 235 g/mol. The standard InChI is InChI=1S/C10H6F3N3O/c11-10(12,13)7-2-1-3-9(4-7)16-5-8(6-17)14-15-16/h1-6H. The van der Waals surface area contributed by atoms with Gasteiger partial charge in [-0.1, -0.05) is 11.3 Å². The first kappa shape index (κ1) is 11.3. The van der Waals surface area contributed by atoms with Gasteiger partial charge in [-0.05, 0) is 18.2 Å². The average Bonchev–Trinajstić information content (AvgIpc) is 2.76. The smallest absolute Gasteiger partial charge is 0.296 e. The number of carbonyl (C=O) groups is 1. The van der Waals surface area contributed by atoms with Crippen LogP contribution in [0.2, 0.25) is 0 Å². The van der Waals surface area contributed by atoms with Crippen molar-refractivity contribution in [1.29, 1.82) is 0 Å². The molecule has 2 aromatic rings. The molecule has 0 fully saturated rings. The Bertz CT molecular complexity index is 548. The van der Waals surface area contributed by atoms with E-state index in [1.54, 1.807) is 0 Å². The summed E-state index contributed by atoms with van der Waals surface area (Å²) in [5.41, 5.74) is -0.527. The van der Waals surface area contributed by atoms with Gasteiger partial charge in [-0.15, -0.1) is 5.10 Å². The molecule has 0 N–H and O–H groups in total. The summed E-state index contributed by atoms with van der Waals surface area (Å²) in [6.45, 7) is 0. The molecule has 7 heteroatoms. The van der Waals surface area contributed by atoms with Crippen LogP contribution in [0.5, 0.6) is 0 Å². The Morgan fingerprint density at radius 1 is 1.29 bits per heavy atom. The van der Waals surface area contributed by atoms with Crippen molar-refractivity contribution in [2.24, 2.45) is 0 Å². The van der Waals surface area contributed by atoms with E-state index in [9.17, 15) is 18.0 Å². The zero-order chi connectivity index (χ0) is 12.5. The molecule has 88 valence electrons. The van der Waals surface area contributed by atoms with E-state index in [4.69, 9.17) is 0 Å². The molecule has 0 unspecified atom stereocenters. The van der Waals surface area contributed by atoms with Crippen LogP contribution >= 0.6 is 0 Å². The zero-order valence-electron chi connectivity index (χ0n) is 8.35. The second-order valence-corrected chi connectivity index (χ2v) is 3.25. The highest BCUT2D eigenvalue weighted by Crippen LogP contribution is 2.30. The van der Waals surface area contributed by atoms with Gasteiger partial charge in [-0.25, -0.2) is 4.68 Å². The lowest BCUT2D eigenvalue weighted by atomic mass is 10.2. The maximum absolute atomic E-state index is 12.5. The highest BCUT2D eigenvalue weighted by Gasteiger charge is 2.30. The summed E-state index contributed by atoms with van der Waals surface area (Å²) in [7, 11) is 0. The summed E-state index contributed by atoms with van der Waals surface area (Å²) in [5, 5.41) is 7.02. The van der Waals surface area contributed by atoms with Crippen molar-refractivity contribution in [2.75, 3.05) is 0 Å². The third-order valence-electron chi connectivity index (χ3n) is 2.07. The average molecular weight is 241 g/mol. The van der Waals surface area contributed by atoms with Gasteiger partial charge >= 0.3 is 6.18 Å². The predicted octanol–water partition coefficient (Wildman–Crippen LogP) is 2.10. The summed E-state index contributed by atoms with van der Waals surface area (Å²) >= 11 is 0. The van der Waals surface area contributed by atoms with E-state index in [0.29, 0.717) is 6.29 Å². The normalized spacial score (nSPS) is 11.5. The summed E-state index contributed by atoms with van der Waals surface area (Å²) in [4.78, 5) is 10.4. The van der Waals surface area contributed by atoms with Crippen LogP contribution in [0.3, 0.4) is 0 Å². The van der Waals surface area contributed by atoms with Gasteiger partial charge in [0, 0.05) is 0 Å². The lowest BCUT2D eigenvalue weighted by molar-refractivity contribution is -0.137. The monoisotopic (exact) mass is 241 g/mol. The molecule has 0 saturated heterocycles. The molecule has 0 saturated carbocycles. The number of alkyl halides is 3. The highest BCUT2D eigenvalue weighted by atomic mass is 19.4. The molecule has 0 bridgehead atoms. The number of hydrogen-bond donors (Lipinski definition) is 0. The van der Waals surface area contributed by atoms with Crippen LogP contribution in [0.15, 0.2) is 30.5 Å². The van der Waals surface area contributed by atoms with Crippen LogP contribution in [-0.4, -0.2) is 21.3 Å². The fraction of sp³-hybridized carbons (Fsp3) is 0.100. The van der Waals surface area contributed by atoms with Gasteiger partial charge in [0.05, 0.1) is 17.4 Å². The number of carbonyl (C=O) groups excluding carboxylic acids is 1. The summed E-state index contributed by atoms with van der Waals surface area (Å²) in [5.74, 6) is 0. The summed E-state index contributed by atoms with van der Waals surface area (Å²) < 4.78 is 38.5. The number of hydrogen-bond acceptors (Lipinski definition) is 3. The third kappa shape index (κ3) is 2.32. The third-order valence-corrected chi connectivity index (χ3v) is 2.07. The van der Waals surface area contributed by atoms with Crippen molar-refractivity contribution in [3.05, 3.63) is 41.7 Å². The van der Waals surface area contributed by atoms with E-state index in [0.717, 1.165) is 16.8 Å². The molecule has 4 nitrogen and oxygen atoms in total. The minimum atomic E-state index is -4.41. The Hall–Kier alpha value is -2.18. The summed E-state index contributed by atoms with van der Waals surface area (Å²) in [6, 6.07) is 4.60. The maximum Gasteiger partial charge on any atom is 0.416 e. The number of benzene rings is 1. The zero-order valence-corrected chi connectivity index (χ0v) is 8.35. The fourth-order valence-corrected chi connectivity index (χ4v) is 1.28. The Kier molecular flexibility index (Phi) is 2.66. The van der Waals surface area contributed by atoms with Crippen molar-refractivity contribution in [2.45, 2.75) is 6.18 Å². The van der Waals surface area contributed by atoms with E-state index in [1.165, 1.54) is 18.3 Å². The maximum atomic E-state index is 12.5. The van der Waals surface area contributed by atoms with Crippen molar-refractivity contribution in [3.8, 4) is 5.69 Å². The Balaban J connectivity index is 2.42. The Morgan fingerprint density at radius 3 is 2.65 bits per heavy atom. The van der Waals surface area contributed by atoms with Gasteiger partial charge < -0.3 is 0 Å². The minimum absolute atomic E-state index is 0.0578. The van der Waals surface area contributed by atoms with Gasteiger partial charge in [0.2, 0.25) is 0 Å². The first-order valence-electron chi connectivity index (χ1n) is 4.56. The van der Waals surface area contributed by atoms with E-state index in [-0.39, 0.29) is 11.4 Å². The first-order chi connectivity index (χ1) is 8.00. The number of nitrogens with zero attached hydrogens (tertiary/aromatic N) is 3. The fourth-order valence-electron chi connectivity index (χ4n) is 1.28. The van der Waals surface area contributed by atoms with Crippen LogP contribution in [0.4, 0.5) is 13.2 Å². The largest absolute Gasteiger partial charge is 0.416 e. The van der Waals surface area contributed by atoms with E-state index in [2.05, 4.69) is 10.3 Å². The van der Waals surface area contributed by atoms with Crippen LogP contribution < -0.4 is 0 Å². The molecule has 0 aliphatic carbocycles. The molecule has 0 aliphatic heterocycles. The van der Waals surface area contributed by atoms with Gasteiger partial charge in [0.25, 0.3) is 0 Å². The minimum Gasteiger partial charge on any atom is -0.296 e. The molecule has 0 spiro atoms. The lowest BCUT2D eigenvalue weighted by Gasteiger charge is -2.07. The van der Waals surface area contributed by atoms with Crippen LogP contribution in [0, 0.1) is 0 Å². The second kappa shape index (κ2) is 4.00. The van der Waals surface area contributed by atoms with Gasteiger partial charge in [0.1, 0.15) is 5.69 Å². The topological polar surface area (TPSA) is 47.8 Å². The van der Waals surface area contributed by atoms with Gasteiger partial charge in [-0.2, -0.15) is 13.2 Å². The molecular formula is C10H6F3N3O. The summed E-state index contributed by atoms with van der Waals surface area (Å²) in [6.07, 6.45) is -2.69. The number of aldehydes is 1. The number of aromatic nitrogens is 3. The quantitative estimate of drug-likeness (QED) is 0.756. The predicted molar refractivity (Wildman–Crippen MR) is 51.7 cm³/mol. The molecule has 2 rings (SSSR count). The van der Waals surface area contributed by atoms with Crippen LogP contribution in [0.1, 0.15) is 16.1 Å². The van der Waals surface area contributed by atoms with Crippen molar-refractivity contribution in [1.82, 2.24) is 15.0 Å². The molecule has 1 heterocycles. The molecule has 0 aliphatic rings. The van der Waals surface area contributed by atoms with Crippen molar-refractivity contribution < 1.29 is 18.0 Å². The lowest BCUT2D eigenvalue weighted by Crippen LogP contribution is -2.06. The van der Waals surface area contributed by atoms with E-state index >= 15 is 0 Å². The van der Waals surface area contributed by atoms with Crippen molar-refractivity contribution >= 4 is 6.29 Å². The first-order valence-corrected chi connectivity index (χ1v) is 4.56. The molecule has 0 amide bonds. The molecule has 0 radical (unpaired) electrons. The van der Waals surface area contributed by atoms with Crippen molar-refractivity contribution in [3.63, 3.8) is 0 Å². The van der Waals surface area contributed by atoms with E-state index in [1.807, 2.05) is 0 Å². The molecule has 1 aromatic heterocycles. The SMILES string of the molecule is O=Cc1cn(-c2cccc(C(F)(F)F)c2)nn1. The van der Waals surface area contributed by atoms with Gasteiger partial charge in [0.15, 0.2) is 6.29 Å². The Labute approximate surface area is 93.7 Å². The second-order valence-electron chi connectivity index (χ2n) is 3.25. The van der Waals surface area contributed by atoms with Crippen LogP contribution in [0.25, 0.3) is 5.69 Å². The van der Waals surface area contributed by atoms with E-state index < -0.39 is 11.7 Å².